The highest BCUT2D eigenvalue weighted by Gasteiger charge is 2.15. The van der Waals surface area contributed by atoms with Crippen LogP contribution in [0.4, 0.5) is 0 Å². The van der Waals surface area contributed by atoms with Crippen molar-refractivity contribution < 1.29 is 9.53 Å². The lowest BCUT2D eigenvalue weighted by Gasteiger charge is -1.96. The molecule has 1 heterocycles. The smallest absolute Gasteiger partial charge is 0.358 e. The molecule has 2 aromatic rings. The summed E-state index contributed by atoms with van der Waals surface area (Å²) in [5, 5.41) is 0.621. The maximum absolute atomic E-state index is 11.4. The van der Waals surface area contributed by atoms with Crippen LogP contribution in [-0.2, 0) is 4.74 Å². The van der Waals surface area contributed by atoms with E-state index < -0.39 is 5.97 Å². The lowest BCUT2D eigenvalue weighted by atomic mass is 10.2. The van der Waals surface area contributed by atoms with E-state index in [1.54, 1.807) is 19.1 Å². The van der Waals surface area contributed by atoms with E-state index in [4.69, 9.17) is 11.6 Å². The maximum Gasteiger partial charge on any atom is 0.358 e. The Morgan fingerprint density at radius 1 is 1.47 bits per heavy atom. The highest BCUT2D eigenvalue weighted by Crippen LogP contribution is 2.21. The van der Waals surface area contributed by atoms with Gasteiger partial charge in [-0.2, -0.15) is 0 Å². The topological polar surface area (TPSA) is 55.0 Å². The number of imidazole rings is 1. The fourth-order valence-electron chi connectivity index (χ4n) is 1.53. The number of carbonyl (C=O) groups is 1. The molecule has 0 unspecified atom stereocenters. The van der Waals surface area contributed by atoms with Gasteiger partial charge in [-0.25, -0.2) is 9.78 Å². The van der Waals surface area contributed by atoms with Gasteiger partial charge in [0.25, 0.3) is 0 Å². The summed E-state index contributed by atoms with van der Waals surface area (Å²) in [6.45, 7) is 1.77. The molecule has 0 aliphatic rings. The largest absolute Gasteiger partial charge is 0.464 e. The third kappa shape index (κ3) is 2.31. The number of hydrogen-bond acceptors (Lipinski definition) is 3. The Labute approximate surface area is 104 Å². The van der Waals surface area contributed by atoms with Gasteiger partial charge in [0.1, 0.15) is 5.82 Å². The third-order valence-corrected chi connectivity index (χ3v) is 2.60. The van der Waals surface area contributed by atoms with Gasteiger partial charge < -0.3 is 9.72 Å². The molecule has 4 nitrogen and oxygen atoms in total. The van der Waals surface area contributed by atoms with Crippen LogP contribution < -0.4 is 0 Å². The number of benzene rings is 1. The number of carbonyl (C=O) groups excluding carboxylic acids is 1. The van der Waals surface area contributed by atoms with E-state index in [-0.39, 0.29) is 0 Å². The van der Waals surface area contributed by atoms with E-state index in [0.29, 0.717) is 22.2 Å². The molecule has 0 saturated heterocycles. The summed E-state index contributed by atoms with van der Waals surface area (Å²) in [6.07, 6.45) is 0. The number of methoxy groups -OCH3 is 1. The Kier molecular flexibility index (Phi) is 3.15. The molecular formula is C12H11ClN2O2. The number of aromatic nitrogens is 2. The zero-order valence-electron chi connectivity index (χ0n) is 9.45. The minimum atomic E-state index is -0.452. The quantitative estimate of drug-likeness (QED) is 0.834. The van der Waals surface area contributed by atoms with Gasteiger partial charge in [-0.15, -0.1) is 0 Å². The minimum Gasteiger partial charge on any atom is -0.464 e. The van der Waals surface area contributed by atoms with Crippen molar-refractivity contribution in [2.75, 3.05) is 7.11 Å². The van der Waals surface area contributed by atoms with E-state index in [1.807, 2.05) is 12.1 Å². The first-order valence-electron chi connectivity index (χ1n) is 5.02. The van der Waals surface area contributed by atoms with Gasteiger partial charge in [-0.1, -0.05) is 23.7 Å². The van der Waals surface area contributed by atoms with Crippen LogP contribution in [0.25, 0.3) is 11.4 Å². The molecule has 0 atom stereocenters. The fourth-order valence-corrected chi connectivity index (χ4v) is 1.72. The standard InChI is InChI=1S/C12H11ClN2O2/c1-7-10(12(16)17-2)15-11(14-7)8-4-3-5-9(13)6-8/h3-6H,1-2H3,(H,14,15). The number of esters is 1. The van der Waals surface area contributed by atoms with Crippen LogP contribution >= 0.6 is 11.6 Å². The second kappa shape index (κ2) is 4.59. The Bertz CT molecular complexity index is 563. The Balaban J connectivity index is 2.44. The third-order valence-electron chi connectivity index (χ3n) is 2.36. The molecule has 0 amide bonds. The van der Waals surface area contributed by atoms with Gasteiger partial charge in [0, 0.05) is 16.3 Å². The normalized spacial score (nSPS) is 10.3. The van der Waals surface area contributed by atoms with Crippen molar-refractivity contribution in [2.45, 2.75) is 6.92 Å². The predicted octanol–water partition coefficient (Wildman–Crippen LogP) is 2.83. The van der Waals surface area contributed by atoms with Crippen LogP contribution in [0.5, 0.6) is 0 Å². The number of H-pyrrole nitrogens is 1. The van der Waals surface area contributed by atoms with Gasteiger partial charge in [0.2, 0.25) is 0 Å². The van der Waals surface area contributed by atoms with Gasteiger partial charge >= 0.3 is 5.97 Å². The van der Waals surface area contributed by atoms with Crippen LogP contribution in [0.3, 0.4) is 0 Å². The van der Waals surface area contributed by atoms with Crippen molar-refractivity contribution in [1.82, 2.24) is 9.97 Å². The van der Waals surface area contributed by atoms with Crippen molar-refractivity contribution in [3.63, 3.8) is 0 Å². The first-order valence-corrected chi connectivity index (χ1v) is 5.40. The Morgan fingerprint density at radius 2 is 2.24 bits per heavy atom. The first kappa shape index (κ1) is 11.7. The van der Waals surface area contributed by atoms with Crippen molar-refractivity contribution >= 4 is 17.6 Å². The average Bonchev–Trinajstić information content (AvgIpc) is 2.70. The number of rotatable bonds is 2. The first-order chi connectivity index (χ1) is 8.11. The number of halogens is 1. The van der Waals surface area contributed by atoms with Crippen LogP contribution in [0, 0.1) is 6.92 Å². The number of aromatic amines is 1. The number of aryl methyl sites for hydroxylation is 1. The molecule has 2 rings (SSSR count). The number of hydrogen-bond donors (Lipinski definition) is 1. The van der Waals surface area contributed by atoms with Crippen LogP contribution in [0.15, 0.2) is 24.3 Å². The molecule has 0 fully saturated rings. The molecule has 1 aromatic carbocycles. The summed E-state index contributed by atoms with van der Waals surface area (Å²) in [7, 11) is 1.33. The highest BCUT2D eigenvalue weighted by molar-refractivity contribution is 6.30. The lowest BCUT2D eigenvalue weighted by Crippen LogP contribution is -2.03. The van der Waals surface area contributed by atoms with Gasteiger partial charge in [-0.3, -0.25) is 0 Å². The zero-order valence-corrected chi connectivity index (χ0v) is 10.2. The monoisotopic (exact) mass is 250 g/mol. The van der Waals surface area contributed by atoms with Crippen molar-refractivity contribution in [3.05, 3.63) is 40.7 Å². The van der Waals surface area contributed by atoms with Gasteiger partial charge in [-0.05, 0) is 19.1 Å². The average molecular weight is 251 g/mol. The number of nitrogens with one attached hydrogen (secondary N) is 1. The molecule has 0 spiro atoms. The van der Waals surface area contributed by atoms with E-state index in [1.165, 1.54) is 7.11 Å². The van der Waals surface area contributed by atoms with Gasteiger partial charge in [0.05, 0.1) is 7.11 Å². The molecule has 0 aliphatic heterocycles. The molecule has 5 heteroatoms. The number of ether oxygens (including phenoxy) is 1. The van der Waals surface area contributed by atoms with Crippen molar-refractivity contribution in [3.8, 4) is 11.4 Å². The molecular weight excluding hydrogens is 240 g/mol. The molecule has 0 saturated carbocycles. The van der Waals surface area contributed by atoms with E-state index in [9.17, 15) is 4.79 Å². The molecule has 0 bridgehead atoms. The molecule has 1 N–H and O–H groups in total. The Hall–Kier alpha value is -1.81. The predicted molar refractivity (Wildman–Crippen MR) is 65.1 cm³/mol. The molecule has 1 aromatic heterocycles. The van der Waals surface area contributed by atoms with E-state index in [0.717, 1.165) is 5.56 Å². The maximum atomic E-state index is 11.4. The summed E-state index contributed by atoms with van der Waals surface area (Å²) in [5.41, 5.74) is 1.80. The highest BCUT2D eigenvalue weighted by atomic mass is 35.5. The second-order valence-electron chi connectivity index (χ2n) is 3.56. The lowest BCUT2D eigenvalue weighted by molar-refractivity contribution is 0.0594. The van der Waals surface area contributed by atoms with Crippen LogP contribution in [-0.4, -0.2) is 23.0 Å². The molecule has 0 radical (unpaired) electrons. The SMILES string of the molecule is COC(=O)c1nc(-c2cccc(Cl)c2)[nH]c1C. The van der Waals surface area contributed by atoms with Crippen LogP contribution in [0.1, 0.15) is 16.2 Å². The summed E-state index contributed by atoms with van der Waals surface area (Å²) >= 11 is 5.90. The molecule has 0 aliphatic carbocycles. The summed E-state index contributed by atoms with van der Waals surface area (Å²) in [5.74, 6) is 0.150. The van der Waals surface area contributed by atoms with E-state index >= 15 is 0 Å². The Morgan fingerprint density at radius 3 is 2.88 bits per heavy atom. The summed E-state index contributed by atoms with van der Waals surface area (Å²) < 4.78 is 4.64. The summed E-state index contributed by atoms with van der Waals surface area (Å²) in [6, 6.07) is 7.25. The zero-order chi connectivity index (χ0) is 12.4. The molecule has 17 heavy (non-hydrogen) atoms. The number of nitrogens with zero attached hydrogens (tertiary/aromatic N) is 1. The minimum absolute atomic E-state index is 0.294. The van der Waals surface area contributed by atoms with E-state index in [2.05, 4.69) is 14.7 Å². The van der Waals surface area contributed by atoms with Crippen LogP contribution in [0.2, 0.25) is 5.02 Å². The van der Waals surface area contributed by atoms with Crippen molar-refractivity contribution in [1.29, 1.82) is 0 Å². The van der Waals surface area contributed by atoms with Crippen molar-refractivity contribution in [2.24, 2.45) is 0 Å². The summed E-state index contributed by atoms with van der Waals surface area (Å²) in [4.78, 5) is 18.7. The second-order valence-corrected chi connectivity index (χ2v) is 4.00. The van der Waals surface area contributed by atoms with Gasteiger partial charge in [0.15, 0.2) is 5.69 Å². The molecule has 88 valence electrons. The fraction of sp³-hybridized carbons (Fsp3) is 0.167.